The van der Waals surface area contributed by atoms with E-state index in [4.69, 9.17) is 4.74 Å². The maximum Gasteiger partial charge on any atom is 0.303 e. The van der Waals surface area contributed by atoms with E-state index < -0.39 is 5.60 Å². The molecule has 0 aromatic heterocycles. The Kier molecular flexibility index (Phi) is 4.19. The number of carbonyl (C=O) groups excluding carboxylic acids is 1. The number of esters is 1. The van der Waals surface area contributed by atoms with Crippen LogP contribution in [-0.4, -0.2) is 22.8 Å². The van der Waals surface area contributed by atoms with Crippen molar-refractivity contribution in [3.8, 4) is 0 Å². The van der Waals surface area contributed by atoms with Crippen molar-refractivity contribution >= 4 is 5.97 Å². The normalized spacial score (nSPS) is 50.1. The van der Waals surface area contributed by atoms with E-state index in [2.05, 4.69) is 26.5 Å². The molecule has 0 saturated heterocycles. The molecule has 0 bridgehead atoms. The van der Waals surface area contributed by atoms with Crippen LogP contribution in [-0.2, 0) is 9.53 Å². The van der Waals surface area contributed by atoms with Gasteiger partial charge in [0, 0.05) is 12.3 Å². The van der Waals surface area contributed by atoms with Crippen molar-refractivity contribution in [1.29, 1.82) is 0 Å². The number of hydrogen-bond acceptors (Lipinski definition) is 3. The van der Waals surface area contributed by atoms with Gasteiger partial charge in [-0.1, -0.05) is 32.1 Å². The molecular weight excluding hydrogens is 324 g/mol. The lowest BCUT2D eigenvalue weighted by Gasteiger charge is -2.59. The predicted molar refractivity (Wildman–Crippen MR) is 102 cm³/mol. The van der Waals surface area contributed by atoms with Crippen molar-refractivity contribution in [3.05, 3.63) is 24.3 Å². The fourth-order valence-electron chi connectivity index (χ4n) is 7.48. The first-order chi connectivity index (χ1) is 12.3. The molecule has 0 aliphatic heterocycles. The van der Waals surface area contributed by atoms with E-state index >= 15 is 0 Å². The number of fused-ring (bicyclic) bond motifs is 5. The average Bonchev–Trinajstić information content (AvgIpc) is 2.88. The van der Waals surface area contributed by atoms with Gasteiger partial charge in [-0.15, -0.1) is 0 Å². The molecule has 144 valence electrons. The Bertz CT molecular complexity index is 652. The zero-order chi connectivity index (χ0) is 18.7. The molecule has 4 aliphatic carbocycles. The summed E-state index contributed by atoms with van der Waals surface area (Å²) in [6, 6.07) is 0. The number of allylic oxidation sites excluding steroid dienone is 1. The van der Waals surface area contributed by atoms with Crippen LogP contribution in [0.25, 0.3) is 0 Å². The van der Waals surface area contributed by atoms with Gasteiger partial charge in [0.15, 0.2) is 0 Å². The van der Waals surface area contributed by atoms with E-state index in [9.17, 15) is 9.90 Å². The third-order valence-corrected chi connectivity index (χ3v) is 8.92. The zero-order valence-electron chi connectivity index (χ0n) is 16.6. The van der Waals surface area contributed by atoms with E-state index in [1.54, 1.807) is 0 Å². The van der Waals surface area contributed by atoms with Crippen LogP contribution in [0.4, 0.5) is 0 Å². The van der Waals surface area contributed by atoms with Crippen molar-refractivity contribution in [3.63, 3.8) is 0 Å². The monoisotopic (exact) mass is 358 g/mol. The largest absolute Gasteiger partial charge is 0.454 e. The molecule has 3 saturated carbocycles. The Morgan fingerprint density at radius 3 is 2.65 bits per heavy atom. The van der Waals surface area contributed by atoms with Gasteiger partial charge in [0.05, 0.1) is 6.10 Å². The minimum absolute atomic E-state index is 0.00251. The van der Waals surface area contributed by atoms with Crippen LogP contribution in [0, 0.1) is 28.6 Å². The smallest absolute Gasteiger partial charge is 0.303 e. The van der Waals surface area contributed by atoms with Crippen molar-refractivity contribution in [2.24, 2.45) is 28.6 Å². The third-order valence-electron chi connectivity index (χ3n) is 8.92. The molecule has 0 aromatic carbocycles. The Morgan fingerprint density at radius 1 is 1.23 bits per heavy atom. The Labute approximate surface area is 157 Å². The fraction of sp³-hybridized carbons (Fsp3) is 0.783. The maximum absolute atomic E-state index is 11.8. The van der Waals surface area contributed by atoms with Gasteiger partial charge >= 0.3 is 5.97 Å². The number of carbonyl (C=O) groups is 1. The van der Waals surface area contributed by atoms with Crippen molar-refractivity contribution in [1.82, 2.24) is 0 Å². The molecule has 0 amide bonds. The second-order valence-electron chi connectivity index (χ2n) is 9.84. The summed E-state index contributed by atoms with van der Waals surface area (Å²) in [5.74, 6) is 1.76. The van der Waals surface area contributed by atoms with Gasteiger partial charge in [-0.05, 0) is 80.6 Å². The first kappa shape index (κ1) is 18.3. The van der Waals surface area contributed by atoms with Gasteiger partial charge in [-0.3, -0.25) is 4.79 Å². The Morgan fingerprint density at radius 2 is 1.96 bits per heavy atom. The number of ether oxygens (including phenoxy) is 1. The van der Waals surface area contributed by atoms with E-state index in [0.29, 0.717) is 17.8 Å². The van der Waals surface area contributed by atoms with Gasteiger partial charge in [0.25, 0.3) is 0 Å². The molecule has 0 aromatic rings. The summed E-state index contributed by atoms with van der Waals surface area (Å²) in [5, 5.41) is 10.1. The standard InChI is InChI=1S/C23H34O3/c1-5-23(26-15(2)24)13-10-20-18-7-6-16-14-17(25)8-11-21(16,3)19(18)9-12-22(20,23)4/h5-6,17-20,25H,1,7-14H2,2-4H3/t17-,18-,19+,20+,21+,22+,23+/m1/s1. The Hall–Kier alpha value is -1.09. The number of aliphatic hydroxyl groups excluding tert-OH is 1. The van der Waals surface area contributed by atoms with Crippen LogP contribution in [0.5, 0.6) is 0 Å². The zero-order valence-corrected chi connectivity index (χ0v) is 16.6. The third kappa shape index (κ3) is 2.32. The lowest BCUT2D eigenvalue weighted by Crippen LogP contribution is -2.55. The maximum atomic E-state index is 11.8. The molecule has 1 N–H and O–H groups in total. The molecule has 3 heteroatoms. The van der Waals surface area contributed by atoms with E-state index in [1.807, 2.05) is 6.08 Å². The van der Waals surface area contributed by atoms with Gasteiger partial charge < -0.3 is 9.84 Å². The summed E-state index contributed by atoms with van der Waals surface area (Å²) < 4.78 is 5.94. The molecule has 3 nitrogen and oxygen atoms in total. The van der Waals surface area contributed by atoms with Gasteiger partial charge in [0.2, 0.25) is 0 Å². The van der Waals surface area contributed by atoms with Crippen LogP contribution in [0.2, 0.25) is 0 Å². The number of hydrogen-bond donors (Lipinski definition) is 1. The summed E-state index contributed by atoms with van der Waals surface area (Å²) in [4.78, 5) is 11.8. The summed E-state index contributed by atoms with van der Waals surface area (Å²) >= 11 is 0. The van der Waals surface area contributed by atoms with Crippen LogP contribution in [0.3, 0.4) is 0 Å². The molecular formula is C23H34O3. The second-order valence-corrected chi connectivity index (χ2v) is 9.84. The number of rotatable bonds is 2. The molecule has 0 radical (unpaired) electrons. The summed E-state index contributed by atoms with van der Waals surface area (Å²) in [6.07, 6.45) is 12.6. The minimum Gasteiger partial charge on any atom is -0.454 e. The highest BCUT2D eigenvalue weighted by Crippen LogP contribution is 2.68. The molecule has 3 fully saturated rings. The van der Waals surface area contributed by atoms with Crippen molar-refractivity contribution in [2.75, 3.05) is 0 Å². The Balaban J connectivity index is 1.68. The average molecular weight is 359 g/mol. The molecule has 0 unspecified atom stereocenters. The molecule has 0 heterocycles. The molecule has 4 rings (SSSR count). The first-order valence-electron chi connectivity index (χ1n) is 10.5. The summed E-state index contributed by atoms with van der Waals surface area (Å²) in [5.41, 5.74) is 1.26. The van der Waals surface area contributed by atoms with Crippen LogP contribution < -0.4 is 0 Å². The predicted octanol–water partition coefficient (Wildman–Crippen LogP) is 4.80. The summed E-state index contributed by atoms with van der Waals surface area (Å²) in [7, 11) is 0. The quantitative estimate of drug-likeness (QED) is 0.570. The highest BCUT2D eigenvalue weighted by molar-refractivity contribution is 5.67. The topological polar surface area (TPSA) is 46.5 Å². The van der Waals surface area contributed by atoms with Crippen LogP contribution in [0.15, 0.2) is 24.3 Å². The second kappa shape index (κ2) is 5.95. The highest BCUT2D eigenvalue weighted by Gasteiger charge is 2.64. The minimum atomic E-state index is -0.498. The molecule has 26 heavy (non-hydrogen) atoms. The lowest BCUT2D eigenvalue weighted by molar-refractivity contribution is -0.170. The highest BCUT2D eigenvalue weighted by atomic mass is 16.6. The van der Waals surface area contributed by atoms with E-state index in [1.165, 1.54) is 18.9 Å². The van der Waals surface area contributed by atoms with E-state index in [-0.39, 0.29) is 22.9 Å². The lowest BCUT2D eigenvalue weighted by atomic mass is 9.47. The molecule has 0 spiro atoms. The molecule has 7 atom stereocenters. The van der Waals surface area contributed by atoms with Gasteiger partial charge in [-0.2, -0.15) is 0 Å². The summed E-state index contributed by atoms with van der Waals surface area (Å²) in [6.45, 7) is 10.4. The van der Waals surface area contributed by atoms with Crippen molar-refractivity contribution < 1.29 is 14.6 Å². The van der Waals surface area contributed by atoms with Gasteiger partial charge in [0.1, 0.15) is 5.60 Å². The van der Waals surface area contributed by atoms with Gasteiger partial charge in [-0.25, -0.2) is 0 Å². The van der Waals surface area contributed by atoms with E-state index in [0.717, 1.165) is 44.9 Å². The van der Waals surface area contributed by atoms with Crippen LogP contribution >= 0.6 is 0 Å². The van der Waals surface area contributed by atoms with Crippen molar-refractivity contribution in [2.45, 2.75) is 83.8 Å². The SMILES string of the molecule is C=C[C@]1(OC(C)=O)CC[C@H]2[C@@H]3CC=C4C[C@H](O)CC[C@]4(C)[C@H]3CC[C@@]21C. The molecule has 4 aliphatic rings. The number of aliphatic hydroxyl groups is 1. The fourth-order valence-corrected chi connectivity index (χ4v) is 7.48. The van der Waals surface area contributed by atoms with Crippen LogP contribution in [0.1, 0.15) is 72.1 Å². The first-order valence-corrected chi connectivity index (χ1v) is 10.5.